The average Bonchev–Trinajstić information content (AvgIpc) is 3.52. The van der Waals surface area contributed by atoms with Crippen LogP contribution in [0.25, 0.3) is 0 Å². The number of fused-ring (bicyclic) bond motifs is 1. The molecule has 170 valence electrons. The Balaban J connectivity index is 1.06. The second-order valence-electron chi connectivity index (χ2n) is 9.12. The van der Waals surface area contributed by atoms with Crippen LogP contribution in [0.2, 0.25) is 0 Å². The van der Waals surface area contributed by atoms with E-state index in [0.717, 1.165) is 24.4 Å². The first-order valence-corrected chi connectivity index (χ1v) is 12.5. The maximum Gasteiger partial charge on any atom is 0.226 e. The fraction of sp³-hybridized carbons (Fsp3) is 0.520. The molecule has 1 aromatic rings. The lowest BCUT2D eigenvalue weighted by Crippen LogP contribution is -2.51. The van der Waals surface area contributed by atoms with Gasteiger partial charge >= 0.3 is 0 Å². The van der Waals surface area contributed by atoms with Gasteiger partial charge in [0.05, 0.1) is 0 Å². The number of rotatable bonds is 6. The summed E-state index contributed by atoms with van der Waals surface area (Å²) in [5.74, 6) is 2.45. The molecule has 0 N–H and O–H groups in total. The number of benzene rings is 1. The van der Waals surface area contributed by atoms with E-state index in [1.54, 1.807) is 11.8 Å². The molecule has 2 saturated heterocycles. The SMILES string of the molecule is CC12CC=C(C3CC3C(=O)N3CCN(C(=O)CCSc4ccccc4)CC3)C=C1OCO2. The van der Waals surface area contributed by atoms with Gasteiger partial charge in [0.1, 0.15) is 11.4 Å². The molecule has 6 nitrogen and oxygen atoms in total. The van der Waals surface area contributed by atoms with Crippen molar-refractivity contribution < 1.29 is 19.1 Å². The largest absolute Gasteiger partial charge is 0.469 e. The highest BCUT2D eigenvalue weighted by Gasteiger charge is 2.49. The van der Waals surface area contributed by atoms with Gasteiger partial charge in [0.15, 0.2) is 6.79 Å². The molecule has 7 heteroatoms. The van der Waals surface area contributed by atoms with Gasteiger partial charge in [0, 0.05) is 55.6 Å². The maximum atomic E-state index is 13.0. The van der Waals surface area contributed by atoms with Crippen LogP contribution in [0.5, 0.6) is 0 Å². The molecular weight excluding hydrogens is 424 g/mol. The summed E-state index contributed by atoms with van der Waals surface area (Å²) in [5.41, 5.74) is 0.881. The first kappa shape index (κ1) is 21.6. The second-order valence-corrected chi connectivity index (χ2v) is 10.3. The Labute approximate surface area is 193 Å². The van der Waals surface area contributed by atoms with E-state index in [2.05, 4.69) is 31.2 Å². The molecule has 5 rings (SSSR count). The third-order valence-corrected chi connectivity index (χ3v) is 7.96. The fourth-order valence-electron chi connectivity index (χ4n) is 4.76. The standard InChI is InChI=1S/C25H30N2O4S/c1-25-9-7-18(15-22(25)30-17-31-25)20-16-21(20)24(29)27-12-10-26(11-13-27)23(28)8-14-32-19-5-3-2-4-6-19/h2-7,15,20-21H,8-14,16-17H2,1H3. The van der Waals surface area contributed by atoms with E-state index in [1.807, 2.05) is 28.0 Å². The minimum absolute atomic E-state index is 0.0642. The van der Waals surface area contributed by atoms with Crippen molar-refractivity contribution in [1.29, 1.82) is 0 Å². The highest BCUT2D eigenvalue weighted by molar-refractivity contribution is 7.99. The maximum absolute atomic E-state index is 13.0. The molecule has 2 heterocycles. The number of carbonyl (C=O) groups excluding carboxylic acids is 2. The van der Waals surface area contributed by atoms with Crippen LogP contribution in [-0.2, 0) is 19.1 Å². The van der Waals surface area contributed by atoms with Crippen molar-refractivity contribution in [1.82, 2.24) is 9.80 Å². The van der Waals surface area contributed by atoms with Crippen molar-refractivity contribution in [3.8, 4) is 0 Å². The Kier molecular flexibility index (Phi) is 6.03. The first-order valence-electron chi connectivity index (χ1n) is 11.5. The minimum atomic E-state index is -0.333. The Morgan fingerprint density at radius 2 is 1.88 bits per heavy atom. The van der Waals surface area contributed by atoms with E-state index in [4.69, 9.17) is 9.47 Å². The molecule has 4 aliphatic rings. The average molecular weight is 455 g/mol. The summed E-state index contributed by atoms with van der Waals surface area (Å²) >= 11 is 1.71. The smallest absolute Gasteiger partial charge is 0.226 e. The molecule has 3 atom stereocenters. The number of carbonyl (C=O) groups is 2. The summed E-state index contributed by atoms with van der Waals surface area (Å²) in [7, 11) is 0. The van der Waals surface area contributed by atoms with Crippen LogP contribution in [0.3, 0.4) is 0 Å². The summed E-state index contributed by atoms with van der Waals surface area (Å²) in [6.45, 7) is 4.90. The van der Waals surface area contributed by atoms with Crippen LogP contribution in [0.1, 0.15) is 26.2 Å². The molecule has 0 bridgehead atoms. The lowest BCUT2D eigenvalue weighted by Gasteiger charge is -2.35. The van der Waals surface area contributed by atoms with Crippen molar-refractivity contribution in [2.45, 2.75) is 36.7 Å². The molecule has 0 aromatic heterocycles. The van der Waals surface area contributed by atoms with Crippen LogP contribution in [0.15, 0.2) is 58.7 Å². The number of hydrogen-bond donors (Lipinski definition) is 0. The molecule has 2 aliphatic carbocycles. The predicted octanol–water partition coefficient (Wildman–Crippen LogP) is 3.45. The molecular formula is C25H30N2O4S. The molecule has 2 aliphatic heterocycles. The Hall–Kier alpha value is -2.25. The van der Waals surface area contributed by atoms with Gasteiger partial charge < -0.3 is 19.3 Å². The van der Waals surface area contributed by atoms with E-state index in [1.165, 1.54) is 10.5 Å². The predicted molar refractivity (Wildman–Crippen MR) is 123 cm³/mol. The molecule has 0 radical (unpaired) electrons. The quantitative estimate of drug-likeness (QED) is 0.616. The van der Waals surface area contributed by atoms with Gasteiger partial charge in [-0.15, -0.1) is 11.8 Å². The Bertz CT molecular complexity index is 939. The Morgan fingerprint density at radius 3 is 2.66 bits per heavy atom. The number of ether oxygens (including phenoxy) is 2. The van der Waals surface area contributed by atoms with Crippen LogP contribution < -0.4 is 0 Å². The zero-order valence-electron chi connectivity index (χ0n) is 18.5. The summed E-state index contributed by atoms with van der Waals surface area (Å²) in [6.07, 6.45) is 6.53. The number of amides is 2. The second kappa shape index (κ2) is 8.94. The molecule has 3 fully saturated rings. The van der Waals surface area contributed by atoms with Gasteiger partial charge in [0.2, 0.25) is 11.8 Å². The summed E-state index contributed by atoms with van der Waals surface area (Å²) in [6, 6.07) is 10.2. The number of hydrogen-bond acceptors (Lipinski definition) is 5. The molecule has 2 amide bonds. The molecule has 1 saturated carbocycles. The summed E-state index contributed by atoms with van der Waals surface area (Å²) in [4.78, 5) is 30.6. The highest BCUT2D eigenvalue weighted by Crippen LogP contribution is 2.49. The molecule has 1 aromatic carbocycles. The van der Waals surface area contributed by atoms with E-state index in [9.17, 15) is 9.59 Å². The summed E-state index contributed by atoms with van der Waals surface area (Å²) < 4.78 is 11.3. The molecule has 32 heavy (non-hydrogen) atoms. The minimum Gasteiger partial charge on any atom is -0.469 e. The van der Waals surface area contributed by atoms with Crippen LogP contribution in [0.4, 0.5) is 0 Å². The highest BCUT2D eigenvalue weighted by atomic mass is 32.2. The lowest BCUT2D eigenvalue weighted by atomic mass is 9.90. The van der Waals surface area contributed by atoms with Crippen molar-refractivity contribution in [3.05, 3.63) is 53.8 Å². The summed E-state index contributed by atoms with van der Waals surface area (Å²) in [5, 5.41) is 0. The monoisotopic (exact) mass is 454 g/mol. The third kappa shape index (κ3) is 4.46. The van der Waals surface area contributed by atoms with Crippen molar-refractivity contribution in [2.75, 3.05) is 38.7 Å². The number of piperazine rings is 1. The lowest BCUT2D eigenvalue weighted by molar-refractivity contribution is -0.140. The van der Waals surface area contributed by atoms with E-state index < -0.39 is 0 Å². The van der Waals surface area contributed by atoms with Crippen molar-refractivity contribution >= 4 is 23.6 Å². The topological polar surface area (TPSA) is 59.1 Å². The van der Waals surface area contributed by atoms with Crippen LogP contribution in [-0.4, -0.2) is 65.9 Å². The first-order chi connectivity index (χ1) is 15.5. The zero-order valence-corrected chi connectivity index (χ0v) is 19.3. The van der Waals surface area contributed by atoms with E-state index >= 15 is 0 Å². The van der Waals surface area contributed by atoms with Gasteiger partial charge in [-0.3, -0.25) is 9.59 Å². The van der Waals surface area contributed by atoms with Gasteiger partial charge in [-0.2, -0.15) is 0 Å². The van der Waals surface area contributed by atoms with Gasteiger partial charge in [0.25, 0.3) is 0 Å². The number of allylic oxidation sites excluding steroid dienone is 2. The Morgan fingerprint density at radius 1 is 1.12 bits per heavy atom. The van der Waals surface area contributed by atoms with Crippen LogP contribution >= 0.6 is 11.8 Å². The van der Waals surface area contributed by atoms with Crippen molar-refractivity contribution in [3.63, 3.8) is 0 Å². The van der Waals surface area contributed by atoms with Crippen LogP contribution in [0, 0.1) is 11.8 Å². The third-order valence-electron chi connectivity index (χ3n) is 6.95. The van der Waals surface area contributed by atoms with Crippen molar-refractivity contribution in [2.24, 2.45) is 11.8 Å². The number of thioether (sulfide) groups is 1. The van der Waals surface area contributed by atoms with E-state index in [0.29, 0.717) is 45.3 Å². The fourth-order valence-corrected chi connectivity index (χ4v) is 5.62. The van der Waals surface area contributed by atoms with Gasteiger partial charge in [-0.25, -0.2) is 0 Å². The normalized spacial score (nSPS) is 29.0. The number of nitrogens with zero attached hydrogens (tertiary/aromatic N) is 2. The van der Waals surface area contributed by atoms with E-state index in [-0.39, 0.29) is 23.3 Å². The molecule has 0 spiro atoms. The zero-order chi connectivity index (χ0) is 22.1. The molecule has 3 unspecified atom stereocenters. The van der Waals surface area contributed by atoms with Gasteiger partial charge in [-0.05, 0) is 43.0 Å². The van der Waals surface area contributed by atoms with Gasteiger partial charge in [-0.1, -0.05) is 24.3 Å².